The number of hydrogen-bond donors (Lipinski definition) is 1. The van der Waals surface area contributed by atoms with Crippen molar-refractivity contribution in [3.05, 3.63) is 22.4 Å². The maximum Gasteiger partial charge on any atom is 0.0581 e. The lowest BCUT2D eigenvalue weighted by Crippen LogP contribution is -2.20. The van der Waals surface area contributed by atoms with E-state index in [9.17, 15) is 0 Å². The molecule has 1 nitrogen and oxygen atoms in total. The molecule has 1 N–H and O–H groups in total. The molecule has 0 aromatic carbocycles. The molecule has 0 fully saturated rings. The molecular formula is C12H17NS. The van der Waals surface area contributed by atoms with E-state index in [1.165, 1.54) is 17.7 Å². The van der Waals surface area contributed by atoms with Gasteiger partial charge in [0.2, 0.25) is 0 Å². The second-order valence-electron chi connectivity index (χ2n) is 3.16. The summed E-state index contributed by atoms with van der Waals surface area (Å²) in [5.74, 6) is 5.94. The summed E-state index contributed by atoms with van der Waals surface area (Å²) in [6.07, 6.45) is 2.39. The molecule has 1 unspecified atom stereocenters. The van der Waals surface area contributed by atoms with E-state index >= 15 is 0 Å². The van der Waals surface area contributed by atoms with Gasteiger partial charge in [-0.2, -0.15) is 0 Å². The highest BCUT2D eigenvalue weighted by atomic mass is 32.1. The maximum atomic E-state index is 3.46. The van der Waals surface area contributed by atoms with Gasteiger partial charge in [-0.25, -0.2) is 0 Å². The molecule has 0 aliphatic carbocycles. The normalized spacial score (nSPS) is 11.9. The zero-order valence-corrected chi connectivity index (χ0v) is 9.66. The van der Waals surface area contributed by atoms with Gasteiger partial charge in [-0.15, -0.1) is 17.3 Å². The van der Waals surface area contributed by atoms with Crippen molar-refractivity contribution in [2.75, 3.05) is 6.54 Å². The Morgan fingerprint density at radius 1 is 1.57 bits per heavy atom. The van der Waals surface area contributed by atoms with Crippen molar-refractivity contribution in [3.63, 3.8) is 0 Å². The van der Waals surface area contributed by atoms with Gasteiger partial charge in [0, 0.05) is 10.9 Å². The molecule has 0 radical (unpaired) electrons. The highest BCUT2D eigenvalue weighted by Gasteiger charge is 2.09. The minimum atomic E-state index is 0.487. The summed E-state index contributed by atoms with van der Waals surface area (Å²) in [7, 11) is 0. The van der Waals surface area contributed by atoms with Crippen molar-refractivity contribution in [2.45, 2.75) is 32.7 Å². The first-order valence-corrected chi connectivity index (χ1v) is 5.92. The number of hydrogen-bond acceptors (Lipinski definition) is 2. The first kappa shape index (κ1) is 11.3. The van der Waals surface area contributed by atoms with E-state index in [4.69, 9.17) is 0 Å². The average molecular weight is 207 g/mol. The smallest absolute Gasteiger partial charge is 0.0581 e. The number of nitrogens with one attached hydrogen (secondary N) is 1. The Kier molecular flexibility index (Phi) is 5.36. The van der Waals surface area contributed by atoms with Crippen molar-refractivity contribution >= 4 is 11.3 Å². The van der Waals surface area contributed by atoms with Crippen LogP contribution >= 0.6 is 11.3 Å². The van der Waals surface area contributed by atoms with Crippen molar-refractivity contribution in [3.8, 4) is 11.8 Å². The van der Waals surface area contributed by atoms with Crippen LogP contribution in [0.1, 0.15) is 37.6 Å². The second-order valence-corrected chi connectivity index (χ2v) is 4.14. The van der Waals surface area contributed by atoms with Gasteiger partial charge >= 0.3 is 0 Å². The summed E-state index contributed by atoms with van der Waals surface area (Å²) in [4.78, 5) is 1.42. The monoisotopic (exact) mass is 207 g/mol. The van der Waals surface area contributed by atoms with E-state index in [0.717, 1.165) is 6.54 Å². The molecule has 0 saturated heterocycles. The van der Waals surface area contributed by atoms with E-state index in [-0.39, 0.29) is 0 Å². The first-order chi connectivity index (χ1) is 6.88. The van der Waals surface area contributed by atoms with Crippen LogP contribution in [0.2, 0.25) is 0 Å². The van der Waals surface area contributed by atoms with E-state index in [2.05, 4.69) is 41.6 Å². The predicted molar refractivity (Wildman–Crippen MR) is 63.4 cm³/mol. The summed E-state index contributed by atoms with van der Waals surface area (Å²) >= 11 is 1.82. The van der Waals surface area contributed by atoms with Gasteiger partial charge in [-0.3, -0.25) is 5.32 Å². The van der Waals surface area contributed by atoms with Crippen LogP contribution < -0.4 is 5.32 Å². The van der Waals surface area contributed by atoms with E-state index in [1.807, 2.05) is 18.3 Å². The average Bonchev–Trinajstić information content (AvgIpc) is 2.70. The van der Waals surface area contributed by atoms with E-state index in [1.54, 1.807) is 0 Å². The minimum Gasteiger partial charge on any atom is -0.299 e. The summed E-state index contributed by atoms with van der Waals surface area (Å²) in [6, 6.07) is 4.79. The highest BCUT2D eigenvalue weighted by Crippen LogP contribution is 2.22. The van der Waals surface area contributed by atoms with Crippen LogP contribution in [0.4, 0.5) is 0 Å². The Balaban J connectivity index is 2.50. The Bertz CT molecular complexity index is 292. The Morgan fingerprint density at radius 3 is 3.00 bits per heavy atom. The highest BCUT2D eigenvalue weighted by molar-refractivity contribution is 7.10. The fraction of sp³-hybridized carbons (Fsp3) is 0.500. The lowest BCUT2D eigenvalue weighted by Gasteiger charge is -2.14. The van der Waals surface area contributed by atoms with Crippen molar-refractivity contribution in [1.29, 1.82) is 0 Å². The predicted octanol–water partition coefficient (Wildman–Crippen LogP) is 3.20. The third-order valence-corrected chi connectivity index (χ3v) is 3.06. The third-order valence-electron chi connectivity index (χ3n) is 2.08. The Hall–Kier alpha value is -0.780. The summed E-state index contributed by atoms with van der Waals surface area (Å²) in [6.45, 7) is 4.88. The Labute approximate surface area is 90.5 Å². The molecule has 1 atom stereocenters. The summed E-state index contributed by atoms with van der Waals surface area (Å²) in [5, 5.41) is 5.59. The third kappa shape index (κ3) is 3.53. The van der Waals surface area contributed by atoms with Crippen LogP contribution in [0.5, 0.6) is 0 Å². The van der Waals surface area contributed by atoms with E-state index in [0.29, 0.717) is 6.04 Å². The number of thiophene rings is 1. The van der Waals surface area contributed by atoms with Crippen LogP contribution in [0, 0.1) is 11.8 Å². The molecule has 0 saturated carbocycles. The van der Waals surface area contributed by atoms with Crippen molar-refractivity contribution in [2.24, 2.45) is 0 Å². The zero-order chi connectivity index (χ0) is 10.2. The lowest BCUT2D eigenvalue weighted by atomic mass is 10.1. The topological polar surface area (TPSA) is 12.0 Å². The van der Waals surface area contributed by atoms with Crippen LogP contribution in [0.25, 0.3) is 0 Å². The van der Waals surface area contributed by atoms with Crippen LogP contribution in [0.15, 0.2) is 17.5 Å². The summed E-state index contributed by atoms with van der Waals surface area (Å²) < 4.78 is 0. The fourth-order valence-electron chi connectivity index (χ4n) is 1.39. The zero-order valence-electron chi connectivity index (χ0n) is 8.84. The van der Waals surface area contributed by atoms with Crippen molar-refractivity contribution < 1.29 is 0 Å². The molecule has 2 heteroatoms. The van der Waals surface area contributed by atoms with E-state index < -0.39 is 0 Å². The molecule has 0 bridgehead atoms. The molecule has 1 heterocycles. The SMILES string of the molecule is CC#CCNC(CCC)c1cccs1. The van der Waals surface area contributed by atoms with Gasteiger partial charge in [-0.1, -0.05) is 25.3 Å². The van der Waals surface area contributed by atoms with Gasteiger partial charge in [-0.05, 0) is 24.8 Å². The van der Waals surface area contributed by atoms with Gasteiger partial charge < -0.3 is 0 Å². The quantitative estimate of drug-likeness (QED) is 0.731. The maximum absolute atomic E-state index is 3.46. The van der Waals surface area contributed by atoms with Gasteiger partial charge in [0.25, 0.3) is 0 Å². The van der Waals surface area contributed by atoms with Gasteiger partial charge in [0.1, 0.15) is 0 Å². The molecule has 1 aromatic rings. The molecule has 14 heavy (non-hydrogen) atoms. The van der Waals surface area contributed by atoms with Crippen molar-refractivity contribution in [1.82, 2.24) is 5.32 Å². The molecular weight excluding hydrogens is 190 g/mol. The fourth-order valence-corrected chi connectivity index (χ4v) is 2.22. The molecule has 0 aliphatic rings. The molecule has 0 amide bonds. The largest absolute Gasteiger partial charge is 0.299 e. The Morgan fingerprint density at radius 2 is 2.43 bits per heavy atom. The van der Waals surface area contributed by atoms with Gasteiger partial charge in [0.15, 0.2) is 0 Å². The molecule has 0 aliphatic heterocycles. The molecule has 0 spiro atoms. The molecule has 76 valence electrons. The van der Waals surface area contributed by atoms with Crippen LogP contribution in [0.3, 0.4) is 0 Å². The van der Waals surface area contributed by atoms with Crippen LogP contribution in [-0.4, -0.2) is 6.54 Å². The second kappa shape index (κ2) is 6.64. The molecule has 1 rings (SSSR count). The lowest BCUT2D eigenvalue weighted by molar-refractivity contribution is 0.532. The first-order valence-electron chi connectivity index (χ1n) is 5.04. The van der Waals surface area contributed by atoms with Gasteiger partial charge in [0.05, 0.1) is 6.54 Å². The standard InChI is InChI=1S/C12H17NS/c1-3-5-9-13-11(7-4-2)12-8-6-10-14-12/h6,8,10-11,13H,4,7,9H2,1-2H3. The molecule has 1 aromatic heterocycles. The summed E-state index contributed by atoms with van der Waals surface area (Å²) in [5.41, 5.74) is 0. The number of rotatable bonds is 5. The minimum absolute atomic E-state index is 0.487. The van der Waals surface area contributed by atoms with Crippen LogP contribution in [-0.2, 0) is 0 Å².